The normalized spacial score (nSPS) is 41.6. The van der Waals surface area contributed by atoms with Crippen LogP contribution in [0.3, 0.4) is 0 Å². The van der Waals surface area contributed by atoms with Crippen LogP contribution in [-0.4, -0.2) is 29.9 Å². The monoisotopic (exact) mass is 317 g/mol. The van der Waals surface area contributed by atoms with Gasteiger partial charge in [0.15, 0.2) is 5.78 Å². The van der Waals surface area contributed by atoms with Gasteiger partial charge in [-0.1, -0.05) is 22.9 Å². The van der Waals surface area contributed by atoms with Gasteiger partial charge in [0.1, 0.15) is 12.7 Å². The Hall–Kier alpha value is 0.0700. The number of carbonyl (C=O) groups excluding carboxylic acids is 1. The average Bonchev–Trinajstić information content (AvgIpc) is 2.36. The third-order valence-electron chi connectivity index (χ3n) is 4.76. The van der Waals surface area contributed by atoms with Gasteiger partial charge in [-0.25, -0.2) is 0 Å². The minimum atomic E-state index is 0.162. The van der Waals surface area contributed by atoms with E-state index in [1.165, 1.54) is 17.7 Å². The van der Waals surface area contributed by atoms with Crippen molar-refractivity contribution in [2.75, 3.05) is 13.1 Å². The molecule has 3 N–H and O–H groups in total. The fraction of sp³-hybridized carbons (Fsp3) is 0.929. The molecule has 0 aromatic rings. The van der Waals surface area contributed by atoms with Crippen LogP contribution in [0.1, 0.15) is 45.4 Å². The molecule has 0 radical (unpaired) electrons. The van der Waals surface area contributed by atoms with E-state index >= 15 is 0 Å². The maximum atomic E-state index is 12.3. The molecule has 104 valence electrons. The van der Waals surface area contributed by atoms with Crippen LogP contribution in [0.4, 0.5) is 0 Å². The quantitative estimate of drug-likeness (QED) is 0.766. The van der Waals surface area contributed by atoms with E-state index in [1.54, 1.807) is 0 Å². The van der Waals surface area contributed by atoms with Crippen molar-refractivity contribution in [1.82, 2.24) is 0 Å². The fourth-order valence-electron chi connectivity index (χ4n) is 3.35. The highest BCUT2D eigenvalue weighted by atomic mass is 79.9. The highest BCUT2D eigenvalue weighted by Gasteiger charge is 2.33. The number of halogens is 1. The van der Waals surface area contributed by atoms with Gasteiger partial charge in [0.05, 0.1) is 6.54 Å². The van der Waals surface area contributed by atoms with Crippen LogP contribution in [-0.2, 0) is 4.79 Å². The molecular formula is C14H26BrN2O+. The summed E-state index contributed by atoms with van der Waals surface area (Å²) >= 11 is 3.64. The summed E-state index contributed by atoms with van der Waals surface area (Å²) in [4.78, 5) is 14.3. The standard InChI is InChI=1S/C14H25BrN2O/c1-10-3-2-8-17(14(10)16)9-13(18)11-4-6-12(15)7-5-11/h10-12,14H,2-9,16H2,1H3/p+1. The maximum absolute atomic E-state index is 12.3. The Morgan fingerprint density at radius 3 is 2.61 bits per heavy atom. The molecule has 0 spiro atoms. The van der Waals surface area contributed by atoms with Crippen LogP contribution >= 0.6 is 15.9 Å². The molecule has 2 aliphatic rings. The predicted octanol–water partition coefficient (Wildman–Crippen LogP) is 1.11. The summed E-state index contributed by atoms with van der Waals surface area (Å²) in [7, 11) is 0. The van der Waals surface area contributed by atoms with Gasteiger partial charge in [-0.05, 0) is 38.5 Å². The van der Waals surface area contributed by atoms with E-state index in [0.717, 1.165) is 32.2 Å². The number of rotatable bonds is 3. The van der Waals surface area contributed by atoms with Crippen molar-refractivity contribution in [3.63, 3.8) is 0 Å². The molecular weight excluding hydrogens is 292 g/mol. The molecule has 3 atom stereocenters. The number of carbonyl (C=O) groups is 1. The Kier molecular flexibility index (Phi) is 5.22. The number of likely N-dealkylation sites (tertiary alicyclic amines) is 1. The summed E-state index contributed by atoms with van der Waals surface area (Å²) in [6.07, 6.45) is 7.01. The number of nitrogens with one attached hydrogen (secondary N) is 1. The number of piperidine rings is 1. The first-order valence-corrected chi connectivity index (χ1v) is 8.26. The van der Waals surface area contributed by atoms with Crippen molar-refractivity contribution in [2.24, 2.45) is 17.6 Å². The Bertz CT molecular complexity index is 290. The molecule has 4 heteroatoms. The lowest BCUT2D eigenvalue weighted by atomic mass is 9.85. The maximum Gasteiger partial charge on any atom is 0.189 e. The molecule has 2 fully saturated rings. The van der Waals surface area contributed by atoms with Gasteiger partial charge < -0.3 is 4.90 Å². The van der Waals surface area contributed by atoms with Crippen LogP contribution in [0.2, 0.25) is 0 Å². The van der Waals surface area contributed by atoms with Gasteiger partial charge in [0.2, 0.25) is 0 Å². The van der Waals surface area contributed by atoms with Crippen LogP contribution in [0.25, 0.3) is 0 Å². The second kappa shape index (κ2) is 6.49. The van der Waals surface area contributed by atoms with Crippen LogP contribution in [0, 0.1) is 11.8 Å². The number of hydrogen-bond acceptors (Lipinski definition) is 2. The first kappa shape index (κ1) is 14.5. The molecule has 18 heavy (non-hydrogen) atoms. The Balaban J connectivity index is 1.83. The molecule has 0 amide bonds. The predicted molar refractivity (Wildman–Crippen MR) is 76.8 cm³/mol. The molecule has 3 nitrogen and oxygen atoms in total. The van der Waals surface area contributed by atoms with E-state index in [1.807, 2.05) is 0 Å². The first-order chi connectivity index (χ1) is 8.58. The lowest BCUT2D eigenvalue weighted by Crippen LogP contribution is -3.19. The zero-order valence-electron chi connectivity index (χ0n) is 11.3. The van der Waals surface area contributed by atoms with E-state index < -0.39 is 0 Å². The summed E-state index contributed by atoms with van der Waals surface area (Å²) in [6, 6.07) is 0. The minimum Gasteiger partial charge on any atom is -0.314 e. The van der Waals surface area contributed by atoms with E-state index in [-0.39, 0.29) is 6.17 Å². The van der Waals surface area contributed by atoms with Crippen molar-refractivity contribution in [1.29, 1.82) is 0 Å². The average molecular weight is 318 g/mol. The van der Waals surface area contributed by atoms with Crippen molar-refractivity contribution in [3.8, 4) is 0 Å². The van der Waals surface area contributed by atoms with Gasteiger partial charge in [0, 0.05) is 16.7 Å². The van der Waals surface area contributed by atoms with Gasteiger partial charge >= 0.3 is 0 Å². The van der Waals surface area contributed by atoms with E-state index in [0.29, 0.717) is 29.0 Å². The van der Waals surface area contributed by atoms with Crippen LogP contribution in [0.5, 0.6) is 0 Å². The number of ketones is 1. The van der Waals surface area contributed by atoms with Crippen molar-refractivity contribution < 1.29 is 9.69 Å². The Morgan fingerprint density at radius 1 is 1.28 bits per heavy atom. The SMILES string of the molecule is CC1CCC[NH+](CC(=O)C2CCC(Br)CC2)C1N. The number of Topliss-reactive ketones (excluding diaryl/α,β-unsaturated/α-hetero) is 1. The molecule has 0 bridgehead atoms. The lowest BCUT2D eigenvalue weighted by molar-refractivity contribution is -0.927. The van der Waals surface area contributed by atoms with Gasteiger partial charge in [-0.3, -0.25) is 10.5 Å². The zero-order valence-corrected chi connectivity index (χ0v) is 12.9. The van der Waals surface area contributed by atoms with Crippen LogP contribution < -0.4 is 10.6 Å². The van der Waals surface area contributed by atoms with Crippen LogP contribution in [0.15, 0.2) is 0 Å². The highest BCUT2D eigenvalue weighted by molar-refractivity contribution is 9.09. The second-order valence-electron chi connectivity index (χ2n) is 6.15. The largest absolute Gasteiger partial charge is 0.314 e. The summed E-state index contributed by atoms with van der Waals surface area (Å²) in [5.74, 6) is 1.31. The molecule has 0 aromatic carbocycles. The molecule has 1 aliphatic carbocycles. The highest BCUT2D eigenvalue weighted by Crippen LogP contribution is 2.28. The molecule has 0 aromatic heterocycles. The van der Waals surface area contributed by atoms with E-state index in [4.69, 9.17) is 5.73 Å². The molecule has 1 heterocycles. The van der Waals surface area contributed by atoms with Crippen molar-refractivity contribution >= 4 is 21.7 Å². The minimum absolute atomic E-state index is 0.162. The van der Waals surface area contributed by atoms with E-state index in [2.05, 4.69) is 22.9 Å². The third-order valence-corrected chi connectivity index (χ3v) is 5.67. The van der Waals surface area contributed by atoms with Gasteiger partial charge in [0.25, 0.3) is 0 Å². The summed E-state index contributed by atoms with van der Waals surface area (Å²) in [5.41, 5.74) is 6.23. The molecule has 3 unspecified atom stereocenters. The number of nitrogens with two attached hydrogens (primary N) is 1. The topological polar surface area (TPSA) is 47.5 Å². The number of quaternary nitrogens is 1. The zero-order chi connectivity index (χ0) is 13.1. The number of hydrogen-bond donors (Lipinski definition) is 2. The molecule has 1 saturated heterocycles. The fourth-order valence-corrected chi connectivity index (χ4v) is 3.88. The third kappa shape index (κ3) is 3.55. The van der Waals surface area contributed by atoms with Gasteiger partial charge in [-0.15, -0.1) is 0 Å². The molecule has 2 rings (SSSR count). The summed E-state index contributed by atoms with van der Waals surface area (Å²) in [6.45, 7) is 3.94. The Labute approximate surface area is 119 Å². The Morgan fingerprint density at radius 2 is 1.94 bits per heavy atom. The van der Waals surface area contributed by atoms with Gasteiger partial charge in [-0.2, -0.15) is 0 Å². The van der Waals surface area contributed by atoms with E-state index in [9.17, 15) is 4.79 Å². The smallest absolute Gasteiger partial charge is 0.189 e. The first-order valence-electron chi connectivity index (χ1n) is 7.35. The van der Waals surface area contributed by atoms with Crippen molar-refractivity contribution in [2.45, 2.75) is 56.4 Å². The van der Waals surface area contributed by atoms with Crippen molar-refractivity contribution in [3.05, 3.63) is 0 Å². The molecule has 1 saturated carbocycles. The lowest BCUT2D eigenvalue weighted by Gasteiger charge is -2.35. The number of alkyl halides is 1. The second-order valence-corrected chi connectivity index (χ2v) is 7.44. The summed E-state index contributed by atoms with van der Waals surface area (Å²) in [5, 5.41) is 0. The summed E-state index contributed by atoms with van der Waals surface area (Å²) < 4.78 is 0. The molecule has 1 aliphatic heterocycles.